The van der Waals surface area contributed by atoms with E-state index in [1.807, 2.05) is 4.90 Å². The second-order valence-corrected chi connectivity index (χ2v) is 6.73. The van der Waals surface area contributed by atoms with Gasteiger partial charge in [-0.15, -0.1) is 0 Å². The van der Waals surface area contributed by atoms with E-state index in [0.717, 1.165) is 25.9 Å². The number of nitrogens with zero attached hydrogens (tertiary/aromatic N) is 2. The number of thioether (sulfide) groups is 1. The van der Waals surface area contributed by atoms with E-state index in [2.05, 4.69) is 10.3 Å². The molecule has 1 aliphatic heterocycles. The predicted molar refractivity (Wildman–Crippen MR) is 95.1 cm³/mol. The quantitative estimate of drug-likeness (QED) is 0.833. The summed E-state index contributed by atoms with van der Waals surface area (Å²) in [5.74, 6) is -0.478. The maximum Gasteiger partial charge on any atom is 0.255 e. The highest BCUT2D eigenvalue weighted by Crippen LogP contribution is 2.18. The molecule has 5 nitrogen and oxygen atoms in total. The van der Waals surface area contributed by atoms with Crippen molar-refractivity contribution < 1.29 is 14.0 Å². The Balaban J connectivity index is 1.51. The van der Waals surface area contributed by atoms with Crippen molar-refractivity contribution >= 4 is 29.3 Å². The van der Waals surface area contributed by atoms with Crippen molar-refractivity contribution in [1.82, 2.24) is 9.88 Å². The number of carbonyl (C=O) groups is 2. The highest BCUT2D eigenvalue weighted by atomic mass is 32.2. The van der Waals surface area contributed by atoms with Crippen LogP contribution in [0.25, 0.3) is 0 Å². The molecule has 0 radical (unpaired) electrons. The average molecular weight is 359 g/mol. The van der Waals surface area contributed by atoms with Crippen molar-refractivity contribution in [3.63, 3.8) is 0 Å². The number of pyridine rings is 1. The van der Waals surface area contributed by atoms with Gasteiger partial charge >= 0.3 is 0 Å². The summed E-state index contributed by atoms with van der Waals surface area (Å²) in [4.78, 5) is 30.2. The van der Waals surface area contributed by atoms with Gasteiger partial charge in [0.15, 0.2) is 0 Å². The second kappa shape index (κ2) is 8.11. The SMILES string of the molecule is O=C(CSc1ccc(C(=O)N2CCCC2)cn1)Nc1cccc(F)c1. The number of carbonyl (C=O) groups excluding carboxylic acids is 2. The summed E-state index contributed by atoms with van der Waals surface area (Å²) in [6.07, 6.45) is 3.65. The van der Waals surface area contributed by atoms with Gasteiger partial charge < -0.3 is 10.2 Å². The van der Waals surface area contributed by atoms with Gasteiger partial charge in [0.1, 0.15) is 5.82 Å². The Kier molecular flexibility index (Phi) is 5.65. The first-order chi connectivity index (χ1) is 12.1. The van der Waals surface area contributed by atoms with Crippen molar-refractivity contribution in [2.24, 2.45) is 0 Å². The molecule has 0 bridgehead atoms. The normalized spacial score (nSPS) is 13.7. The molecule has 0 unspecified atom stereocenters. The third-order valence-electron chi connectivity index (χ3n) is 3.84. The van der Waals surface area contributed by atoms with Crippen molar-refractivity contribution in [2.45, 2.75) is 17.9 Å². The summed E-state index contributed by atoms with van der Waals surface area (Å²) in [5.41, 5.74) is 0.987. The number of rotatable bonds is 5. The van der Waals surface area contributed by atoms with Crippen LogP contribution in [0.5, 0.6) is 0 Å². The van der Waals surface area contributed by atoms with Crippen LogP contribution in [-0.4, -0.2) is 40.5 Å². The van der Waals surface area contributed by atoms with E-state index in [0.29, 0.717) is 16.3 Å². The van der Waals surface area contributed by atoms with E-state index in [4.69, 9.17) is 0 Å². The molecule has 0 aliphatic carbocycles. The molecule has 1 saturated heterocycles. The van der Waals surface area contributed by atoms with Crippen molar-refractivity contribution in [2.75, 3.05) is 24.2 Å². The minimum atomic E-state index is -0.398. The summed E-state index contributed by atoms with van der Waals surface area (Å²) in [6, 6.07) is 9.22. The van der Waals surface area contributed by atoms with Crippen molar-refractivity contribution in [1.29, 1.82) is 0 Å². The fraction of sp³-hybridized carbons (Fsp3) is 0.278. The van der Waals surface area contributed by atoms with Gasteiger partial charge in [-0.05, 0) is 43.2 Å². The molecular weight excluding hydrogens is 341 g/mol. The lowest BCUT2D eigenvalue weighted by Gasteiger charge is -2.14. The molecule has 2 aromatic rings. The van der Waals surface area contributed by atoms with E-state index in [-0.39, 0.29) is 17.6 Å². The molecule has 25 heavy (non-hydrogen) atoms. The maximum atomic E-state index is 13.1. The predicted octanol–water partition coefficient (Wildman–Crippen LogP) is 3.19. The number of benzene rings is 1. The fourth-order valence-electron chi connectivity index (χ4n) is 2.60. The highest BCUT2D eigenvalue weighted by molar-refractivity contribution is 7.99. The number of hydrogen-bond acceptors (Lipinski definition) is 4. The Morgan fingerprint density at radius 1 is 1.20 bits per heavy atom. The maximum absolute atomic E-state index is 13.1. The smallest absolute Gasteiger partial charge is 0.255 e. The highest BCUT2D eigenvalue weighted by Gasteiger charge is 2.19. The van der Waals surface area contributed by atoms with Gasteiger partial charge in [-0.1, -0.05) is 17.8 Å². The molecule has 1 aliphatic rings. The molecule has 3 rings (SSSR count). The lowest BCUT2D eigenvalue weighted by atomic mass is 10.2. The zero-order chi connectivity index (χ0) is 17.6. The summed E-state index contributed by atoms with van der Waals surface area (Å²) in [5, 5.41) is 3.29. The first kappa shape index (κ1) is 17.4. The number of nitrogens with one attached hydrogen (secondary N) is 1. The molecule has 0 atom stereocenters. The standard InChI is InChI=1S/C18H18FN3O2S/c19-14-4-3-5-15(10-14)21-16(23)12-25-17-7-6-13(11-20-17)18(24)22-8-1-2-9-22/h3-7,10-11H,1-2,8-9,12H2,(H,21,23). The molecule has 2 amide bonds. The fourth-order valence-corrected chi connectivity index (χ4v) is 3.24. The summed E-state index contributed by atoms with van der Waals surface area (Å²) in [6.45, 7) is 1.60. The van der Waals surface area contributed by atoms with E-state index in [1.165, 1.54) is 30.0 Å². The third-order valence-corrected chi connectivity index (χ3v) is 4.78. The zero-order valence-corrected chi connectivity index (χ0v) is 14.4. The van der Waals surface area contributed by atoms with Crippen LogP contribution in [0, 0.1) is 5.82 Å². The molecule has 0 spiro atoms. The van der Waals surface area contributed by atoms with Gasteiger partial charge in [-0.25, -0.2) is 9.37 Å². The van der Waals surface area contributed by atoms with Crippen LogP contribution in [0.1, 0.15) is 23.2 Å². The van der Waals surface area contributed by atoms with E-state index in [9.17, 15) is 14.0 Å². The molecule has 2 heterocycles. The van der Waals surface area contributed by atoms with Crippen LogP contribution in [0.2, 0.25) is 0 Å². The molecule has 1 N–H and O–H groups in total. The van der Waals surface area contributed by atoms with E-state index in [1.54, 1.807) is 24.4 Å². The molecule has 1 aromatic heterocycles. The first-order valence-electron chi connectivity index (χ1n) is 8.05. The number of likely N-dealkylation sites (tertiary alicyclic amines) is 1. The molecule has 1 aromatic carbocycles. The Morgan fingerprint density at radius 2 is 2.00 bits per heavy atom. The zero-order valence-electron chi connectivity index (χ0n) is 13.6. The minimum Gasteiger partial charge on any atom is -0.339 e. The molecule has 7 heteroatoms. The van der Waals surface area contributed by atoms with Gasteiger partial charge in [-0.2, -0.15) is 0 Å². The number of anilines is 1. The van der Waals surface area contributed by atoms with Crippen molar-refractivity contribution in [3.8, 4) is 0 Å². The lowest BCUT2D eigenvalue weighted by Crippen LogP contribution is -2.27. The van der Waals surface area contributed by atoms with Gasteiger partial charge in [0.05, 0.1) is 16.3 Å². The Labute approximate surface area is 149 Å². The second-order valence-electron chi connectivity index (χ2n) is 5.73. The number of amides is 2. The number of hydrogen-bond donors (Lipinski definition) is 1. The number of aromatic nitrogens is 1. The summed E-state index contributed by atoms with van der Waals surface area (Å²) in [7, 11) is 0. The topological polar surface area (TPSA) is 62.3 Å². The molecular formula is C18H18FN3O2S. The van der Waals surface area contributed by atoms with Crippen LogP contribution in [0.15, 0.2) is 47.6 Å². The molecule has 0 saturated carbocycles. The molecule has 130 valence electrons. The minimum absolute atomic E-state index is 0.00500. The Hall–Kier alpha value is -2.41. The van der Waals surface area contributed by atoms with Crippen molar-refractivity contribution in [3.05, 3.63) is 54.0 Å². The van der Waals surface area contributed by atoms with Gasteiger partial charge in [0, 0.05) is 25.0 Å². The van der Waals surface area contributed by atoms with Gasteiger partial charge in [0.25, 0.3) is 5.91 Å². The van der Waals surface area contributed by atoms with Crippen LogP contribution < -0.4 is 5.32 Å². The van der Waals surface area contributed by atoms with Crippen LogP contribution in [-0.2, 0) is 4.79 Å². The first-order valence-corrected chi connectivity index (χ1v) is 9.04. The van der Waals surface area contributed by atoms with Crippen LogP contribution >= 0.6 is 11.8 Å². The van der Waals surface area contributed by atoms with Gasteiger partial charge in [0.2, 0.25) is 5.91 Å². The monoisotopic (exact) mass is 359 g/mol. The number of halogens is 1. The van der Waals surface area contributed by atoms with E-state index >= 15 is 0 Å². The Morgan fingerprint density at radius 3 is 2.68 bits per heavy atom. The largest absolute Gasteiger partial charge is 0.339 e. The Bertz CT molecular complexity index is 761. The van der Waals surface area contributed by atoms with Gasteiger partial charge in [-0.3, -0.25) is 9.59 Å². The molecule has 1 fully saturated rings. The summed E-state index contributed by atoms with van der Waals surface area (Å²) < 4.78 is 13.1. The summed E-state index contributed by atoms with van der Waals surface area (Å²) >= 11 is 1.26. The lowest BCUT2D eigenvalue weighted by molar-refractivity contribution is -0.113. The third kappa shape index (κ3) is 4.79. The van der Waals surface area contributed by atoms with E-state index < -0.39 is 5.82 Å². The van der Waals surface area contributed by atoms with Crippen LogP contribution in [0.4, 0.5) is 10.1 Å². The van der Waals surface area contributed by atoms with Crippen LogP contribution in [0.3, 0.4) is 0 Å². The average Bonchev–Trinajstić information content (AvgIpc) is 3.14.